The quantitative estimate of drug-likeness (QED) is 0.718. The van der Waals surface area contributed by atoms with Crippen LogP contribution in [0, 0.1) is 0 Å². The van der Waals surface area contributed by atoms with E-state index in [2.05, 4.69) is 0 Å². The Morgan fingerprint density at radius 3 is 2.73 bits per heavy atom. The summed E-state index contributed by atoms with van der Waals surface area (Å²) >= 11 is 5.75. The first-order chi connectivity index (χ1) is 7.04. The lowest BCUT2D eigenvalue weighted by molar-refractivity contribution is -0.136. The van der Waals surface area contributed by atoms with Gasteiger partial charge in [0.15, 0.2) is 0 Å². The van der Waals surface area contributed by atoms with Crippen LogP contribution in [0.5, 0.6) is 0 Å². The number of aliphatic hydroxyl groups excluding tert-OH is 1. The summed E-state index contributed by atoms with van der Waals surface area (Å²) in [7, 11) is 0. The zero-order valence-corrected chi connectivity index (χ0v) is 8.74. The molecule has 82 valence electrons. The Morgan fingerprint density at radius 2 is 2.20 bits per heavy atom. The molecule has 0 heterocycles. The van der Waals surface area contributed by atoms with Crippen LogP contribution in [0.4, 0.5) is 0 Å². The molecule has 1 atom stereocenters. The lowest BCUT2D eigenvalue weighted by atomic mass is 9.99. The molecule has 0 unspecified atom stereocenters. The molecule has 0 aliphatic carbocycles. The molecule has 1 aromatic carbocycles. The summed E-state index contributed by atoms with van der Waals surface area (Å²) in [5.41, 5.74) is 6.79. The molecule has 0 aromatic heterocycles. The summed E-state index contributed by atoms with van der Waals surface area (Å²) in [6, 6.07) is 4.25. The molecule has 5 heteroatoms. The van der Waals surface area contributed by atoms with Crippen LogP contribution in [0.1, 0.15) is 17.2 Å². The highest BCUT2D eigenvalue weighted by molar-refractivity contribution is 6.30. The molecular formula is C10H12ClNO3. The van der Waals surface area contributed by atoms with Crippen LogP contribution >= 0.6 is 11.6 Å². The van der Waals surface area contributed by atoms with Crippen LogP contribution in [0.3, 0.4) is 0 Å². The Hall–Kier alpha value is -1.10. The van der Waals surface area contributed by atoms with Gasteiger partial charge in [0.1, 0.15) is 0 Å². The van der Waals surface area contributed by atoms with Gasteiger partial charge in [-0.15, -0.1) is 0 Å². The number of nitrogens with two attached hydrogens (primary N) is 1. The molecule has 4 N–H and O–H groups in total. The second-order valence-electron chi connectivity index (χ2n) is 3.20. The van der Waals surface area contributed by atoms with Gasteiger partial charge in [0.2, 0.25) is 0 Å². The number of aliphatic hydroxyl groups is 1. The molecular weight excluding hydrogens is 218 g/mol. The van der Waals surface area contributed by atoms with Crippen LogP contribution in [0.25, 0.3) is 0 Å². The zero-order chi connectivity index (χ0) is 11.4. The summed E-state index contributed by atoms with van der Waals surface area (Å²) in [6.45, 7) is -0.228. The number of carboxylic acids is 1. The lowest BCUT2D eigenvalue weighted by Gasteiger charge is -2.13. The number of carbonyl (C=O) groups is 1. The Labute approximate surface area is 92.3 Å². The molecule has 0 fully saturated rings. The van der Waals surface area contributed by atoms with Gasteiger partial charge in [0.05, 0.1) is 19.1 Å². The SMILES string of the molecule is N[C@@H](CO)c1ccc(Cl)cc1CC(=O)O. The van der Waals surface area contributed by atoms with Crippen LogP contribution in [-0.2, 0) is 11.2 Å². The third-order valence-electron chi connectivity index (χ3n) is 2.04. The molecule has 0 saturated carbocycles. The summed E-state index contributed by atoms with van der Waals surface area (Å²) in [4.78, 5) is 10.6. The van der Waals surface area contributed by atoms with Crippen molar-refractivity contribution in [2.45, 2.75) is 12.5 Å². The highest BCUT2D eigenvalue weighted by Crippen LogP contribution is 2.21. The van der Waals surface area contributed by atoms with E-state index in [9.17, 15) is 4.79 Å². The predicted octanol–water partition coefficient (Wildman–Crippen LogP) is 0.959. The summed E-state index contributed by atoms with van der Waals surface area (Å²) in [5.74, 6) is -0.955. The monoisotopic (exact) mass is 229 g/mol. The maximum Gasteiger partial charge on any atom is 0.307 e. The number of carboxylic acid groups (broad SMARTS) is 1. The number of hydrogen-bond donors (Lipinski definition) is 3. The number of aliphatic carboxylic acids is 1. The number of rotatable bonds is 4. The molecule has 0 aliphatic heterocycles. The maximum atomic E-state index is 10.6. The third-order valence-corrected chi connectivity index (χ3v) is 2.28. The first kappa shape index (κ1) is 12.0. The van der Waals surface area contributed by atoms with Crippen molar-refractivity contribution in [3.05, 3.63) is 34.3 Å². The van der Waals surface area contributed by atoms with Crippen LogP contribution < -0.4 is 5.73 Å². The normalized spacial score (nSPS) is 12.5. The first-order valence-corrected chi connectivity index (χ1v) is 4.79. The average Bonchev–Trinajstić information content (AvgIpc) is 2.16. The van der Waals surface area contributed by atoms with Gasteiger partial charge in [-0.25, -0.2) is 0 Å². The zero-order valence-electron chi connectivity index (χ0n) is 7.98. The highest BCUT2D eigenvalue weighted by Gasteiger charge is 2.12. The molecule has 1 aromatic rings. The summed E-state index contributed by atoms with van der Waals surface area (Å²) in [5, 5.41) is 18.1. The smallest absolute Gasteiger partial charge is 0.307 e. The van der Waals surface area contributed by atoms with E-state index in [1.54, 1.807) is 18.2 Å². The second kappa shape index (κ2) is 5.11. The highest BCUT2D eigenvalue weighted by atomic mass is 35.5. The Kier molecular flexibility index (Phi) is 4.08. The van der Waals surface area contributed by atoms with E-state index < -0.39 is 12.0 Å². The molecule has 15 heavy (non-hydrogen) atoms. The fourth-order valence-electron chi connectivity index (χ4n) is 1.35. The molecule has 4 nitrogen and oxygen atoms in total. The number of benzene rings is 1. The van der Waals surface area contributed by atoms with E-state index in [1.807, 2.05) is 0 Å². The van der Waals surface area contributed by atoms with E-state index in [0.29, 0.717) is 16.1 Å². The molecule has 0 spiro atoms. The fraction of sp³-hybridized carbons (Fsp3) is 0.300. The molecule has 0 amide bonds. The second-order valence-corrected chi connectivity index (χ2v) is 3.64. The largest absolute Gasteiger partial charge is 0.481 e. The topological polar surface area (TPSA) is 83.5 Å². The minimum absolute atomic E-state index is 0.149. The van der Waals surface area contributed by atoms with E-state index in [1.165, 1.54) is 0 Å². The Balaban J connectivity index is 3.08. The summed E-state index contributed by atoms with van der Waals surface area (Å²) in [6.07, 6.45) is -0.149. The number of hydrogen-bond acceptors (Lipinski definition) is 3. The van der Waals surface area contributed by atoms with Crippen molar-refractivity contribution < 1.29 is 15.0 Å². The van der Waals surface area contributed by atoms with Crippen LogP contribution in [0.2, 0.25) is 5.02 Å². The van der Waals surface area contributed by atoms with Crippen molar-refractivity contribution >= 4 is 17.6 Å². The van der Waals surface area contributed by atoms with Gasteiger partial charge in [-0.3, -0.25) is 4.79 Å². The van der Waals surface area contributed by atoms with Crippen LogP contribution in [0.15, 0.2) is 18.2 Å². The van der Waals surface area contributed by atoms with Gasteiger partial charge in [-0.05, 0) is 23.3 Å². The van der Waals surface area contributed by atoms with E-state index in [0.717, 1.165) is 0 Å². The van der Waals surface area contributed by atoms with E-state index in [4.69, 9.17) is 27.5 Å². The van der Waals surface area contributed by atoms with Gasteiger partial charge >= 0.3 is 5.97 Å². The van der Waals surface area contributed by atoms with Crippen molar-refractivity contribution in [1.82, 2.24) is 0 Å². The number of halogens is 1. The standard InChI is InChI=1S/C10H12ClNO3/c11-7-1-2-8(9(12)5-13)6(3-7)4-10(14)15/h1-3,9,13H,4-5,12H2,(H,14,15)/t9-/m0/s1. The molecule has 0 saturated heterocycles. The van der Waals surface area contributed by atoms with E-state index >= 15 is 0 Å². The first-order valence-electron chi connectivity index (χ1n) is 4.41. The van der Waals surface area contributed by atoms with Crippen molar-refractivity contribution in [3.8, 4) is 0 Å². The lowest BCUT2D eigenvalue weighted by Crippen LogP contribution is -2.17. The van der Waals surface area contributed by atoms with Gasteiger partial charge in [0.25, 0.3) is 0 Å². The van der Waals surface area contributed by atoms with Crippen molar-refractivity contribution in [2.75, 3.05) is 6.61 Å². The maximum absolute atomic E-state index is 10.6. The van der Waals surface area contributed by atoms with Gasteiger partial charge < -0.3 is 15.9 Å². The molecule has 0 bridgehead atoms. The molecule has 0 radical (unpaired) electrons. The summed E-state index contributed by atoms with van der Waals surface area (Å²) < 4.78 is 0. The van der Waals surface area contributed by atoms with Gasteiger partial charge in [-0.2, -0.15) is 0 Å². The Bertz CT molecular complexity index is 368. The minimum atomic E-state index is -0.955. The third kappa shape index (κ3) is 3.20. The van der Waals surface area contributed by atoms with Crippen molar-refractivity contribution in [2.24, 2.45) is 5.73 Å². The molecule has 0 aliphatic rings. The predicted molar refractivity (Wildman–Crippen MR) is 56.8 cm³/mol. The van der Waals surface area contributed by atoms with Gasteiger partial charge in [-0.1, -0.05) is 17.7 Å². The molecule has 1 rings (SSSR count). The Morgan fingerprint density at radius 1 is 1.53 bits per heavy atom. The van der Waals surface area contributed by atoms with Crippen LogP contribution in [-0.4, -0.2) is 22.8 Å². The van der Waals surface area contributed by atoms with E-state index in [-0.39, 0.29) is 13.0 Å². The fourth-order valence-corrected chi connectivity index (χ4v) is 1.55. The average molecular weight is 230 g/mol. The van der Waals surface area contributed by atoms with Gasteiger partial charge in [0, 0.05) is 5.02 Å². The van der Waals surface area contributed by atoms with Crippen molar-refractivity contribution in [3.63, 3.8) is 0 Å². The minimum Gasteiger partial charge on any atom is -0.481 e. The van der Waals surface area contributed by atoms with Crippen molar-refractivity contribution in [1.29, 1.82) is 0 Å².